The molecule has 0 aliphatic heterocycles. The molecule has 0 unspecified atom stereocenters. The number of halogens is 3. The first-order valence-electron chi connectivity index (χ1n) is 5.25. The number of hydrogen-bond donors (Lipinski definition) is 0. The Morgan fingerprint density at radius 2 is 1.69 bits per heavy atom. The SMILES string of the molecule is C[Si](C)(/C=C/C[B-](F)(F)F)c1ccccc1. The Bertz CT molecular complexity index is 357. The van der Waals surface area contributed by atoms with Gasteiger partial charge >= 0.3 is 6.98 Å². The highest BCUT2D eigenvalue weighted by molar-refractivity contribution is 6.94. The first kappa shape index (κ1) is 13.1. The second kappa shape index (κ2) is 4.91. The van der Waals surface area contributed by atoms with Crippen LogP contribution in [0.3, 0.4) is 0 Å². The first-order chi connectivity index (χ1) is 7.31. The lowest BCUT2D eigenvalue weighted by Crippen LogP contribution is -2.39. The van der Waals surface area contributed by atoms with Crippen LogP contribution in [0.5, 0.6) is 0 Å². The number of hydrogen-bond acceptors (Lipinski definition) is 0. The van der Waals surface area contributed by atoms with E-state index in [-0.39, 0.29) is 0 Å². The molecule has 0 aliphatic rings. The van der Waals surface area contributed by atoms with Crippen LogP contribution >= 0.6 is 0 Å². The summed E-state index contributed by atoms with van der Waals surface area (Å²) in [5, 5.41) is 1.15. The molecule has 0 atom stereocenters. The van der Waals surface area contributed by atoms with Gasteiger partial charge in [-0.3, -0.25) is 0 Å². The third kappa shape index (κ3) is 4.26. The van der Waals surface area contributed by atoms with Gasteiger partial charge in [0, 0.05) is 0 Å². The van der Waals surface area contributed by atoms with Crippen LogP contribution in [0.2, 0.25) is 19.4 Å². The van der Waals surface area contributed by atoms with Crippen LogP contribution in [-0.2, 0) is 0 Å². The van der Waals surface area contributed by atoms with Gasteiger partial charge in [-0.05, 0) is 0 Å². The van der Waals surface area contributed by atoms with Crippen LogP contribution in [-0.4, -0.2) is 15.1 Å². The average Bonchev–Trinajstić information content (AvgIpc) is 2.17. The maximum Gasteiger partial charge on any atom is 0.481 e. The summed E-state index contributed by atoms with van der Waals surface area (Å²) in [5.74, 6) is 0. The molecule has 0 amide bonds. The van der Waals surface area contributed by atoms with Crippen LogP contribution in [0.4, 0.5) is 12.9 Å². The molecule has 1 rings (SSSR count). The standard InChI is InChI=1S/C11H15BF3Si/c1-16(2,10-6-9-12(13,14)15)11-7-4-3-5-8-11/h3-8,10H,9H2,1-2H3/q-1/b10-6+. The van der Waals surface area contributed by atoms with Gasteiger partial charge in [-0.2, -0.15) is 0 Å². The van der Waals surface area contributed by atoms with Crippen molar-refractivity contribution in [3.63, 3.8) is 0 Å². The zero-order valence-electron chi connectivity index (χ0n) is 9.46. The summed E-state index contributed by atoms with van der Waals surface area (Å²) in [6.45, 7) is -0.607. The predicted molar refractivity (Wildman–Crippen MR) is 66.6 cm³/mol. The van der Waals surface area contributed by atoms with Crippen molar-refractivity contribution in [3.8, 4) is 0 Å². The molecular weight excluding hydrogens is 228 g/mol. The fourth-order valence-corrected chi connectivity index (χ4v) is 3.45. The lowest BCUT2D eigenvalue weighted by Gasteiger charge is -2.19. The van der Waals surface area contributed by atoms with Crippen LogP contribution in [0, 0.1) is 0 Å². The summed E-state index contributed by atoms with van der Waals surface area (Å²) in [7, 11) is -1.85. The third-order valence-corrected chi connectivity index (χ3v) is 5.35. The van der Waals surface area contributed by atoms with Crippen molar-refractivity contribution < 1.29 is 12.9 Å². The predicted octanol–water partition coefficient (Wildman–Crippen LogP) is 3.54. The van der Waals surface area contributed by atoms with Gasteiger partial charge in [-0.25, -0.2) is 0 Å². The Kier molecular flexibility index (Phi) is 4.02. The normalized spacial score (nSPS) is 13.3. The van der Waals surface area contributed by atoms with Crippen molar-refractivity contribution in [2.24, 2.45) is 0 Å². The molecule has 0 aromatic heterocycles. The highest BCUT2D eigenvalue weighted by Crippen LogP contribution is 2.16. The van der Waals surface area contributed by atoms with E-state index in [4.69, 9.17) is 0 Å². The van der Waals surface area contributed by atoms with Gasteiger partial charge in [0.25, 0.3) is 0 Å². The van der Waals surface area contributed by atoms with E-state index in [1.807, 2.05) is 43.4 Å². The summed E-state index contributed by atoms with van der Waals surface area (Å²) in [6, 6.07) is 9.72. The molecule has 0 heterocycles. The molecule has 0 spiro atoms. The van der Waals surface area contributed by atoms with Gasteiger partial charge in [0.05, 0.1) is 0 Å². The topological polar surface area (TPSA) is 0 Å². The molecular formula is C11H15BF3Si-. The Hall–Kier alpha value is -0.968. The largest absolute Gasteiger partial charge is 0.481 e. The second-order valence-electron chi connectivity index (χ2n) is 4.44. The molecule has 16 heavy (non-hydrogen) atoms. The highest BCUT2D eigenvalue weighted by Gasteiger charge is 2.23. The lowest BCUT2D eigenvalue weighted by atomic mass is 9.87. The molecule has 0 nitrogen and oxygen atoms in total. The zero-order chi connectivity index (χ0) is 12.2. The van der Waals surface area contributed by atoms with Gasteiger partial charge in [0.15, 0.2) is 0 Å². The van der Waals surface area contributed by atoms with E-state index >= 15 is 0 Å². The summed E-state index contributed by atoms with van der Waals surface area (Å²) in [4.78, 5) is 0. The quantitative estimate of drug-likeness (QED) is 0.709. The van der Waals surface area contributed by atoms with Crippen molar-refractivity contribution in [3.05, 3.63) is 42.1 Å². The lowest BCUT2D eigenvalue weighted by molar-refractivity contribution is 0.478. The molecule has 5 heteroatoms. The maximum absolute atomic E-state index is 12.1. The monoisotopic (exact) mass is 243 g/mol. The molecule has 88 valence electrons. The molecule has 1 aromatic rings. The van der Waals surface area contributed by atoms with E-state index in [1.54, 1.807) is 5.70 Å². The average molecular weight is 243 g/mol. The minimum absolute atomic E-state index is 0.775. The smallest absolute Gasteiger partial charge is 0.449 e. The first-order valence-corrected chi connectivity index (χ1v) is 8.33. The highest BCUT2D eigenvalue weighted by atomic mass is 28.3. The fraction of sp³-hybridized carbons (Fsp3) is 0.273. The molecule has 0 fully saturated rings. The zero-order valence-corrected chi connectivity index (χ0v) is 10.5. The van der Waals surface area contributed by atoms with Crippen LogP contribution in [0.1, 0.15) is 0 Å². The van der Waals surface area contributed by atoms with Crippen molar-refractivity contribution in [2.45, 2.75) is 19.4 Å². The Morgan fingerprint density at radius 1 is 1.12 bits per heavy atom. The van der Waals surface area contributed by atoms with E-state index in [0.29, 0.717) is 0 Å². The van der Waals surface area contributed by atoms with Crippen LogP contribution in [0.25, 0.3) is 0 Å². The van der Waals surface area contributed by atoms with E-state index in [0.717, 1.165) is 5.19 Å². The van der Waals surface area contributed by atoms with Crippen molar-refractivity contribution in [1.82, 2.24) is 0 Å². The van der Waals surface area contributed by atoms with Gasteiger partial charge in [-0.1, -0.05) is 60.6 Å². The van der Waals surface area contributed by atoms with Crippen LogP contribution < -0.4 is 5.19 Å². The van der Waals surface area contributed by atoms with Crippen LogP contribution in [0.15, 0.2) is 42.1 Å². The van der Waals surface area contributed by atoms with Crippen molar-refractivity contribution >= 4 is 20.2 Å². The second-order valence-corrected chi connectivity index (χ2v) is 8.79. The van der Waals surface area contributed by atoms with E-state index < -0.39 is 21.4 Å². The summed E-state index contributed by atoms with van der Waals surface area (Å²) in [5.41, 5.74) is 1.76. The molecule has 1 aromatic carbocycles. The Labute approximate surface area is 95.3 Å². The minimum atomic E-state index is -4.69. The molecule has 0 radical (unpaired) electrons. The van der Waals surface area contributed by atoms with Crippen molar-refractivity contribution in [2.75, 3.05) is 0 Å². The Morgan fingerprint density at radius 3 is 2.19 bits per heavy atom. The summed E-state index contributed by atoms with van der Waals surface area (Å²) < 4.78 is 36.2. The molecule has 0 N–H and O–H groups in total. The van der Waals surface area contributed by atoms with Gasteiger partial charge in [0.1, 0.15) is 8.07 Å². The minimum Gasteiger partial charge on any atom is -0.449 e. The van der Waals surface area contributed by atoms with Crippen molar-refractivity contribution in [1.29, 1.82) is 0 Å². The number of allylic oxidation sites excluding steroid dienone is 1. The summed E-state index contributed by atoms with van der Waals surface area (Å²) in [6.07, 6.45) is 0.502. The third-order valence-electron chi connectivity index (χ3n) is 2.46. The summed E-state index contributed by atoms with van der Waals surface area (Å²) >= 11 is 0. The molecule has 0 saturated heterocycles. The number of rotatable bonds is 4. The molecule has 0 aliphatic carbocycles. The number of benzene rings is 1. The van der Waals surface area contributed by atoms with E-state index in [9.17, 15) is 12.9 Å². The van der Waals surface area contributed by atoms with Gasteiger partial charge in [0.2, 0.25) is 0 Å². The van der Waals surface area contributed by atoms with E-state index in [2.05, 4.69) is 0 Å². The van der Waals surface area contributed by atoms with E-state index in [1.165, 1.54) is 6.08 Å². The van der Waals surface area contributed by atoms with Gasteiger partial charge < -0.3 is 12.9 Å². The maximum atomic E-state index is 12.1. The Balaban J connectivity index is 2.73. The fourth-order valence-electron chi connectivity index (χ4n) is 1.48. The van der Waals surface area contributed by atoms with Gasteiger partial charge in [-0.15, -0.1) is 6.08 Å². The molecule has 0 saturated carbocycles. The molecule has 0 bridgehead atoms.